The molecule has 0 spiro atoms. The summed E-state index contributed by atoms with van der Waals surface area (Å²) < 4.78 is 5.96. The third-order valence-electron chi connectivity index (χ3n) is 7.68. The first-order chi connectivity index (χ1) is 22.3. The van der Waals surface area contributed by atoms with E-state index in [1.165, 1.54) is 17.4 Å². The first kappa shape index (κ1) is 28.4. The van der Waals surface area contributed by atoms with Crippen molar-refractivity contribution >= 4 is 56.3 Å². The average molecular weight is 615 g/mol. The minimum Gasteiger partial charge on any atom is -0.252 e. The Morgan fingerprint density at radius 3 is 1.56 bits per heavy atom. The lowest BCUT2D eigenvalue weighted by Gasteiger charge is -2.27. The van der Waals surface area contributed by atoms with Crippen LogP contribution in [0.2, 0.25) is 0 Å². The number of rotatable bonds is 7. The molecule has 0 aliphatic heterocycles. The van der Waals surface area contributed by atoms with Crippen LogP contribution < -0.4 is 15.9 Å². The van der Waals surface area contributed by atoms with Crippen molar-refractivity contribution in [3.63, 3.8) is 0 Å². The fourth-order valence-corrected chi connectivity index (χ4v) is 10.3. The van der Waals surface area contributed by atoms with Crippen LogP contribution in [0.3, 0.4) is 0 Å². The fourth-order valence-electron chi connectivity index (χ4n) is 5.70. The van der Waals surface area contributed by atoms with E-state index in [0.29, 0.717) is 0 Å². The summed E-state index contributed by atoms with van der Waals surface area (Å²) in [4.78, 5) is 1.65. The largest absolute Gasteiger partial charge is 0.252 e. The summed E-state index contributed by atoms with van der Waals surface area (Å²) in [5, 5.41) is 23.5. The van der Waals surface area contributed by atoms with Crippen LogP contribution in [-0.4, -0.2) is 10.2 Å². The van der Waals surface area contributed by atoms with Gasteiger partial charge in [0.2, 0.25) is 0 Å². The van der Waals surface area contributed by atoms with Gasteiger partial charge in [0.25, 0.3) is 0 Å². The molecule has 0 fully saturated rings. The zero-order chi connectivity index (χ0) is 30.5. The lowest BCUT2D eigenvalue weighted by atomic mass is 9.96. The Balaban J connectivity index is 1.71. The van der Waals surface area contributed by atoms with Crippen molar-refractivity contribution in [2.45, 2.75) is 0 Å². The number of nitrogens with zero attached hydrogens (tertiary/aromatic N) is 4. The Labute approximate surface area is 266 Å². The van der Waals surface area contributed by atoms with Gasteiger partial charge < -0.3 is 0 Å². The zero-order valence-electron chi connectivity index (χ0n) is 24.2. The summed E-state index contributed by atoms with van der Waals surface area (Å²) in [6.07, 6.45) is 3.38. The number of hydrogen-bond acceptors (Lipinski definition) is 5. The lowest BCUT2D eigenvalue weighted by Crippen LogP contribution is -2.25. The Morgan fingerprint density at radius 1 is 0.600 bits per heavy atom. The van der Waals surface area contributed by atoms with Crippen LogP contribution in [0.15, 0.2) is 162 Å². The van der Waals surface area contributed by atoms with E-state index in [9.17, 15) is 5.26 Å². The van der Waals surface area contributed by atoms with E-state index < -0.39 is 7.05 Å². The molecule has 7 rings (SSSR count). The minimum atomic E-state index is -2.64. The maximum absolute atomic E-state index is 9.60. The van der Waals surface area contributed by atoms with Gasteiger partial charge >= 0.3 is 0 Å². The van der Waals surface area contributed by atoms with Crippen LogP contribution in [0.5, 0.6) is 0 Å². The Hall–Kier alpha value is -5.40. The van der Waals surface area contributed by atoms with E-state index in [4.69, 9.17) is 14.9 Å². The molecule has 0 amide bonds. The van der Waals surface area contributed by atoms with Crippen molar-refractivity contribution in [1.29, 1.82) is 5.26 Å². The highest BCUT2D eigenvalue weighted by Gasteiger charge is 2.30. The summed E-state index contributed by atoms with van der Waals surface area (Å²) >= 11 is 1.52. The number of benzene rings is 5. The number of hydrogen-bond donors (Lipinski definition) is 0. The molecule has 6 heteroatoms. The Morgan fingerprint density at radius 2 is 1.07 bits per heavy atom. The molecule has 2 heterocycles. The molecule has 2 aromatic heterocycles. The standard InChI is InChI=1S/C39H27N4PS/c40-28-16-27-34-38(36-35(29-17-6-1-7-18-29)37(41-42-39(36)45-34)30-19-8-2-9-20-30)43-44(31-21-10-3-11-22-31,32-23-12-4-13-24-32)33-25-14-5-15-26-33/h1-27H/b27-16+. The molecule has 0 saturated carbocycles. The van der Waals surface area contributed by atoms with Crippen molar-refractivity contribution in [3.8, 4) is 28.5 Å². The van der Waals surface area contributed by atoms with Gasteiger partial charge in [-0.05, 0) is 11.6 Å². The minimum absolute atomic E-state index is 0.775. The SMILES string of the molecule is N#C/C=C/c1sc2nnc(-c3ccccc3)c(-c3ccccc3)c2c1N=P(c1ccccc1)(c1ccccc1)c1ccccc1. The maximum Gasteiger partial charge on any atom is 0.149 e. The zero-order valence-corrected chi connectivity index (χ0v) is 25.9. The highest BCUT2D eigenvalue weighted by Crippen LogP contribution is 2.54. The molecule has 0 N–H and O–H groups in total. The molecule has 214 valence electrons. The van der Waals surface area contributed by atoms with E-state index in [0.717, 1.165) is 59.1 Å². The number of allylic oxidation sites excluding steroid dienone is 1. The molecule has 4 nitrogen and oxygen atoms in total. The summed E-state index contributed by atoms with van der Waals surface area (Å²) in [6.45, 7) is 0. The van der Waals surface area contributed by atoms with Gasteiger partial charge in [-0.2, -0.15) is 5.26 Å². The topological polar surface area (TPSA) is 61.9 Å². The number of aromatic nitrogens is 2. The average Bonchev–Trinajstić information content (AvgIpc) is 3.47. The molecule has 0 radical (unpaired) electrons. The molecule has 0 aliphatic rings. The highest BCUT2D eigenvalue weighted by atomic mass is 32.1. The third kappa shape index (κ3) is 5.32. The summed E-state index contributed by atoms with van der Waals surface area (Å²) in [7, 11) is -2.64. The van der Waals surface area contributed by atoms with Gasteiger partial charge in [0.05, 0.1) is 23.7 Å². The van der Waals surface area contributed by atoms with E-state index in [2.05, 4.69) is 103 Å². The van der Waals surface area contributed by atoms with Crippen LogP contribution >= 0.6 is 18.4 Å². The quantitative estimate of drug-likeness (QED) is 0.133. The van der Waals surface area contributed by atoms with Crippen LogP contribution in [0.25, 0.3) is 38.7 Å². The number of fused-ring (bicyclic) bond motifs is 1. The van der Waals surface area contributed by atoms with Crippen LogP contribution in [-0.2, 0) is 0 Å². The summed E-state index contributed by atoms with van der Waals surface area (Å²) in [6, 6.07) is 54.5. The summed E-state index contributed by atoms with van der Waals surface area (Å²) in [5.74, 6) is 0. The monoisotopic (exact) mass is 614 g/mol. The molecule has 0 atom stereocenters. The molecule has 45 heavy (non-hydrogen) atoms. The lowest BCUT2D eigenvalue weighted by molar-refractivity contribution is 1.09. The van der Waals surface area contributed by atoms with Crippen LogP contribution in [0, 0.1) is 11.3 Å². The molecule has 5 aromatic carbocycles. The second kappa shape index (κ2) is 12.7. The highest BCUT2D eigenvalue weighted by molar-refractivity contribution is 7.87. The molecule has 0 aliphatic carbocycles. The smallest absolute Gasteiger partial charge is 0.149 e. The number of nitriles is 1. The molecule has 7 aromatic rings. The van der Waals surface area contributed by atoms with Crippen LogP contribution in [0.4, 0.5) is 5.69 Å². The normalized spacial score (nSPS) is 11.4. The van der Waals surface area contributed by atoms with Crippen LogP contribution in [0.1, 0.15) is 4.88 Å². The van der Waals surface area contributed by atoms with Crippen molar-refractivity contribution in [3.05, 3.63) is 163 Å². The van der Waals surface area contributed by atoms with Gasteiger partial charge in [0, 0.05) is 38.5 Å². The number of thiophene rings is 1. The first-order valence-corrected chi connectivity index (χ1v) is 17.1. The van der Waals surface area contributed by atoms with E-state index in [-0.39, 0.29) is 0 Å². The van der Waals surface area contributed by atoms with Gasteiger partial charge in [-0.3, -0.25) is 4.74 Å². The van der Waals surface area contributed by atoms with Gasteiger partial charge in [-0.1, -0.05) is 152 Å². The van der Waals surface area contributed by atoms with Gasteiger partial charge in [-0.15, -0.1) is 21.5 Å². The van der Waals surface area contributed by atoms with Crippen molar-refractivity contribution in [2.24, 2.45) is 4.74 Å². The van der Waals surface area contributed by atoms with Crippen molar-refractivity contribution < 1.29 is 0 Å². The molecule has 0 unspecified atom stereocenters. The third-order valence-corrected chi connectivity index (χ3v) is 12.3. The predicted molar refractivity (Wildman–Crippen MR) is 190 cm³/mol. The van der Waals surface area contributed by atoms with Gasteiger partial charge in [0.1, 0.15) is 10.5 Å². The second-order valence-electron chi connectivity index (χ2n) is 10.4. The van der Waals surface area contributed by atoms with E-state index >= 15 is 0 Å². The first-order valence-electron chi connectivity index (χ1n) is 14.6. The molecular weight excluding hydrogens is 587 g/mol. The predicted octanol–water partition coefficient (Wildman–Crippen LogP) is 9.37. The Kier molecular flexibility index (Phi) is 8.00. The summed E-state index contributed by atoms with van der Waals surface area (Å²) in [5.41, 5.74) is 4.60. The fraction of sp³-hybridized carbons (Fsp3) is 0. The van der Waals surface area contributed by atoms with Gasteiger partial charge in [0.15, 0.2) is 0 Å². The molecule has 0 saturated heterocycles. The van der Waals surface area contributed by atoms with Crippen molar-refractivity contribution in [2.75, 3.05) is 0 Å². The molecular formula is C39H27N4PS. The van der Waals surface area contributed by atoms with Crippen molar-refractivity contribution in [1.82, 2.24) is 10.2 Å². The second-order valence-corrected chi connectivity index (χ2v) is 14.4. The Bertz CT molecular complexity index is 2100. The molecule has 0 bridgehead atoms. The van der Waals surface area contributed by atoms with E-state index in [1.807, 2.05) is 60.7 Å². The maximum atomic E-state index is 9.60. The van der Waals surface area contributed by atoms with E-state index in [1.54, 1.807) is 0 Å². The van der Waals surface area contributed by atoms with Gasteiger partial charge in [-0.25, -0.2) is 0 Å².